The topological polar surface area (TPSA) is 0 Å². The summed E-state index contributed by atoms with van der Waals surface area (Å²) in [5, 5.41) is 13.0. The van der Waals surface area contributed by atoms with Gasteiger partial charge in [-0.05, 0) is 139 Å². The third kappa shape index (κ3) is 4.08. The second-order valence-electron chi connectivity index (χ2n) is 14.7. The zero-order chi connectivity index (χ0) is 35.3. The van der Waals surface area contributed by atoms with Crippen LogP contribution >= 0.6 is 0 Å². The van der Waals surface area contributed by atoms with E-state index in [1.807, 2.05) is 0 Å². The highest BCUT2D eigenvalue weighted by atomic mass is 14.4. The third-order valence-corrected chi connectivity index (χ3v) is 11.9. The molecule has 1 aliphatic carbocycles. The number of rotatable bonds is 4. The van der Waals surface area contributed by atoms with E-state index in [-0.39, 0.29) is 0 Å². The number of fused-ring (bicyclic) bond motifs is 5. The maximum absolute atomic E-state index is 2.49. The van der Waals surface area contributed by atoms with Crippen molar-refractivity contribution in [1.82, 2.24) is 0 Å². The molecule has 1 aliphatic rings. The zero-order valence-corrected chi connectivity index (χ0v) is 29.5. The molecule has 0 spiro atoms. The maximum atomic E-state index is 2.49. The van der Waals surface area contributed by atoms with Crippen molar-refractivity contribution in [3.63, 3.8) is 0 Å². The summed E-state index contributed by atoms with van der Waals surface area (Å²) in [6.07, 6.45) is 0. The Balaban J connectivity index is 1.35. The highest BCUT2D eigenvalue weighted by Gasteiger charge is 2.33. The third-order valence-electron chi connectivity index (χ3n) is 11.9. The highest BCUT2D eigenvalue weighted by molar-refractivity contribution is 6.36. The van der Waals surface area contributed by atoms with Crippen LogP contribution in [0.5, 0.6) is 0 Å². The van der Waals surface area contributed by atoms with E-state index in [9.17, 15) is 0 Å². The Labute approximate surface area is 313 Å². The van der Waals surface area contributed by atoms with Crippen LogP contribution in [0.1, 0.15) is 0 Å². The van der Waals surface area contributed by atoms with Gasteiger partial charge in [0.05, 0.1) is 0 Å². The molecule has 0 saturated carbocycles. The molecule has 0 aliphatic heterocycles. The molecular formula is C54H32. The van der Waals surface area contributed by atoms with Crippen LogP contribution in [0.15, 0.2) is 194 Å². The summed E-state index contributed by atoms with van der Waals surface area (Å²) in [5.74, 6) is 0. The molecule has 12 rings (SSSR count). The number of benzene rings is 11. The van der Waals surface area contributed by atoms with Gasteiger partial charge in [-0.3, -0.25) is 0 Å². The van der Waals surface area contributed by atoms with Crippen LogP contribution in [-0.4, -0.2) is 0 Å². The first kappa shape index (κ1) is 29.5. The fourth-order valence-electron chi connectivity index (χ4n) is 9.67. The summed E-state index contributed by atoms with van der Waals surface area (Å²) in [5.41, 5.74) is 15.3. The molecule has 0 fully saturated rings. The van der Waals surface area contributed by atoms with E-state index in [0.29, 0.717) is 0 Å². The minimum Gasteiger partial charge on any atom is -0.0622 e. The molecule has 0 heterocycles. The zero-order valence-electron chi connectivity index (χ0n) is 29.5. The lowest BCUT2D eigenvalue weighted by molar-refractivity contribution is 1.58. The Kier molecular flexibility index (Phi) is 6.15. The van der Waals surface area contributed by atoms with Gasteiger partial charge in [0, 0.05) is 0 Å². The molecule has 0 heteroatoms. The predicted molar refractivity (Wildman–Crippen MR) is 231 cm³/mol. The summed E-state index contributed by atoms with van der Waals surface area (Å²) >= 11 is 0. The van der Waals surface area contributed by atoms with Crippen molar-refractivity contribution in [2.45, 2.75) is 0 Å². The quantitative estimate of drug-likeness (QED) is 0.128. The smallest absolute Gasteiger partial charge is 0.000696 e. The van der Waals surface area contributed by atoms with Crippen LogP contribution in [0.2, 0.25) is 0 Å². The molecule has 0 bridgehead atoms. The molecule has 0 atom stereocenters. The van der Waals surface area contributed by atoms with E-state index < -0.39 is 0 Å². The Bertz CT molecular complexity index is 3300. The first-order chi connectivity index (χ1) is 26.8. The molecule has 0 radical (unpaired) electrons. The highest BCUT2D eigenvalue weighted by Crippen LogP contribution is 2.61. The molecule has 0 N–H and O–H groups in total. The van der Waals surface area contributed by atoms with Gasteiger partial charge in [-0.2, -0.15) is 0 Å². The minimum absolute atomic E-state index is 1.22. The van der Waals surface area contributed by atoms with Crippen molar-refractivity contribution in [3.05, 3.63) is 194 Å². The molecule has 0 saturated heterocycles. The van der Waals surface area contributed by atoms with Crippen LogP contribution in [0.4, 0.5) is 0 Å². The maximum Gasteiger partial charge on any atom is -0.000696 e. The lowest BCUT2D eigenvalue weighted by Crippen LogP contribution is -1.96. The number of hydrogen-bond acceptors (Lipinski definition) is 0. The fraction of sp³-hybridized carbons (Fsp3) is 0. The summed E-state index contributed by atoms with van der Waals surface area (Å²) in [7, 11) is 0. The molecule has 0 amide bonds. The standard InChI is InChI=1S/C54H32/c1-3-14-33(15-4-1)40-22-9-11-24-42(40)50-45-30-37-18-7-8-19-38(37)31-46(45)51(43-25-12-10-23-41(43)34-16-5-2-6-17-34)54-47-32-39-21-13-20-35-26-27-36-28-29-44(53(50)54)52(47)49(36)48(35)39/h1-32H. The monoisotopic (exact) mass is 680 g/mol. The van der Waals surface area contributed by atoms with Gasteiger partial charge in [0.2, 0.25) is 0 Å². The Hall–Kier alpha value is -7.02. The molecule has 54 heavy (non-hydrogen) atoms. The van der Waals surface area contributed by atoms with E-state index in [4.69, 9.17) is 0 Å². The summed E-state index contributed by atoms with van der Waals surface area (Å²) in [6.45, 7) is 0. The lowest BCUT2D eigenvalue weighted by Gasteiger charge is -2.24. The molecular weight excluding hydrogens is 649 g/mol. The average molecular weight is 681 g/mol. The Morgan fingerprint density at radius 1 is 0.204 bits per heavy atom. The predicted octanol–water partition coefficient (Wildman–Crippen LogP) is 15.2. The Morgan fingerprint density at radius 3 is 1.24 bits per heavy atom. The van der Waals surface area contributed by atoms with Crippen LogP contribution < -0.4 is 0 Å². The van der Waals surface area contributed by atoms with Crippen molar-refractivity contribution in [2.75, 3.05) is 0 Å². The van der Waals surface area contributed by atoms with Crippen LogP contribution in [0, 0.1) is 0 Å². The van der Waals surface area contributed by atoms with E-state index >= 15 is 0 Å². The van der Waals surface area contributed by atoms with Gasteiger partial charge in [0.15, 0.2) is 0 Å². The number of hydrogen-bond donors (Lipinski definition) is 0. The largest absolute Gasteiger partial charge is 0.0622 e. The van der Waals surface area contributed by atoms with Crippen molar-refractivity contribution in [2.24, 2.45) is 0 Å². The van der Waals surface area contributed by atoms with E-state index in [0.717, 1.165) is 0 Å². The van der Waals surface area contributed by atoms with Crippen molar-refractivity contribution in [1.29, 1.82) is 0 Å². The fourth-order valence-corrected chi connectivity index (χ4v) is 9.67. The van der Waals surface area contributed by atoms with Gasteiger partial charge in [-0.25, -0.2) is 0 Å². The van der Waals surface area contributed by atoms with Crippen LogP contribution in [0.3, 0.4) is 0 Å². The van der Waals surface area contributed by atoms with E-state index in [1.54, 1.807) is 0 Å². The summed E-state index contributed by atoms with van der Waals surface area (Å²) < 4.78 is 0. The molecule has 11 aromatic rings. The SMILES string of the molecule is c1ccc(-c2ccccc2-c2c3c(c(-c4ccccc4-c4ccccc4)c4cc5ccccc5cc24)-c2cc4cccc5ccc6ccc-3c2c6c54)cc1. The second kappa shape index (κ2) is 11.2. The van der Waals surface area contributed by atoms with Crippen molar-refractivity contribution < 1.29 is 0 Å². The van der Waals surface area contributed by atoms with Crippen molar-refractivity contribution in [3.8, 4) is 66.8 Å². The van der Waals surface area contributed by atoms with E-state index in [2.05, 4.69) is 194 Å². The first-order valence-corrected chi connectivity index (χ1v) is 18.9. The summed E-state index contributed by atoms with van der Waals surface area (Å²) in [6, 6.07) is 72.3. The Morgan fingerprint density at radius 2 is 0.648 bits per heavy atom. The summed E-state index contributed by atoms with van der Waals surface area (Å²) in [4.78, 5) is 0. The van der Waals surface area contributed by atoms with Crippen LogP contribution in [-0.2, 0) is 0 Å². The van der Waals surface area contributed by atoms with Gasteiger partial charge < -0.3 is 0 Å². The van der Waals surface area contributed by atoms with Gasteiger partial charge in [0.1, 0.15) is 0 Å². The van der Waals surface area contributed by atoms with E-state index in [1.165, 1.54) is 121 Å². The lowest BCUT2D eigenvalue weighted by atomic mass is 9.79. The van der Waals surface area contributed by atoms with Crippen molar-refractivity contribution >= 4 is 53.9 Å². The van der Waals surface area contributed by atoms with Gasteiger partial charge >= 0.3 is 0 Å². The van der Waals surface area contributed by atoms with Gasteiger partial charge in [0.25, 0.3) is 0 Å². The van der Waals surface area contributed by atoms with Crippen LogP contribution in [0.25, 0.3) is 121 Å². The molecule has 0 nitrogen and oxygen atoms in total. The normalized spacial score (nSPS) is 12.1. The molecule has 0 unspecified atom stereocenters. The molecule has 11 aromatic carbocycles. The first-order valence-electron chi connectivity index (χ1n) is 18.9. The minimum atomic E-state index is 1.22. The second-order valence-corrected chi connectivity index (χ2v) is 14.7. The average Bonchev–Trinajstić information content (AvgIpc) is 3.56. The molecule has 248 valence electrons. The molecule has 0 aromatic heterocycles. The van der Waals surface area contributed by atoms with Gasteiger partial charge in [-0.15, -0.1) is 0 Å². The van der Waals surface area contributed by atoms with Gasteiger partial charge in [-0.1, -0.05) is 176 Å².